The Morgan fingerprint density at radius 3 is 2.86 bits per heavy atom. The first kappa shape index (κ1) is 13.5. The fraction of sp³-hybridized carbons (Fsp3) is 0.625. The van der Waals surface area contributed by atoms with Crippen LogP contribution in [-0.4, -0.2) is 22.6 Å². The van der Waals surface area contributed by atoms with Gasteiger partial charge in [0.2, 0.25) is 5.88 Å². The van der Waals surface area contributed by atoms with E-state index in [9.17, 15) is 0 Å². The summed E-state index contributed by atoms with van der Waals surface area (Å²) in [5.74, 6) is 1.25. The molecular weight excluding hydrogens is 282 g/mol. The Morgan fingerprint density at radius 2 is 2.05 bits per heavy atom. The molecule has 0 aromatic carbocycles. The average molecular weight is 303 g/mol. The first-order valence-corrected chi connectivity index (χ1v) is 8.81. The Balaban J connectivity index is 1.74. The van der Waals surface area contributed by atoms with Gasteiger partial charge in [0, 0.05) is 4.88 Å². The van der Waals surface area contributed by atoms with Crippen molar-refractivity contribution in [3.63, 3.8) is 0 Å². The van der Waals surface area contributed by atoms with Gasteiger partial charge < -0.3 is 10.5 Å². The van der Waals surface area contributed by atoms with Crippen LogP contribution in [0.2, 0.25) is 0 Å². The summed E-state index contributed by atoms with van der Waals surface area (Å²) in [4.78, 5) is 11.4. The van der Waals surface area contributed by atoms with Crippen LogP contribution in [0.4, 0.5) is 0 Å². The molecule has 4 nitrogen and oxygen atoms in total. The van der Waals surface area contributed by atoms with Crippen LogP contribution in [0.15, 0.2) is 6.33 Å². The van der Waals surface area contributed by atoms with Gasteiger partial charge >= 0.3 is 0 Å². The highest BCUT2D eigenvalue weighted by Gasteiger charge is 2.29. The molecule has 4 rings (SSSR count). The third kappa shape index (κ3) is 2.32. The molecule has 5 heteroatoms. The number of nitrogens with zero attached hydrogens (tertiary/aromatic N) is 2. The summed E-state index contributed by atoms with van der Waals surface area (Å²) in [6.07, 6.45) is 10.4. The Labute approximate surface area is 128 Å². The molecule has 2 aliphatic carbocycles. The molecule has 1 fully saturated rings. The number of nitrogens with two attached hydrogens (primary N) is 1. The second kappa shape index (κ2) is 5.54. The van der Waals surface area contributed by atoms with E-state index in [4.69, 9.17) is 10.5 Å². The van der Waals surface area contributed by atoms with Crippen LogP contribution in [0.5, 0.6) is 5.88 Å². The number of hydrogen-bond acceptors (Lipinski definition) is 5. The van der Waals surface area contributed by atoms with E-state index in [1.165, 1.54) is 29.7 Å². The number of thiophene rings is 1. The van der Waals surface area contributed by atoms with Crippen LogP contribution in [0.1, 0.15) is 54.9 Å². The van der Waals surface area contributed by atoms with Gasteiger partial charge in [0.25, 0.3) is 0 Å². The molecule has 2 N–H and O–H groups in total. The number of ether oxygens (including phenoxy) is 1. The molecule has 0 saturated heterocycles. The van der Waals surface area contributed by atoms with E-state index < -0.39 is 0 Å². The topological polar surface area (TPSA) is 61.0 Å². The molecule has 2 aliphatic rings. The lowest BCUT2D eigenvalue weighted by atomic mass is 9.97. The standard InChI is InChI=1S/C16H21N3OS/c17-8-10-6-7-12-13(10)14-15(18-9-19-16(14)21-12)20-11-4-2-1-3-5-11/h9-11H,1-8,17H2/t10-/m1/s1. The van der Waals surface area contributed by atoms with Crippen LogP contribution >= 0.6 is 11.3 Å². The number of aryl methyl sites for hydroxylation is 1. The SMILES string of the molecule is NC[C@H]1CCc2sc3ncnc(OC4CCCCC4)c3c21. The van der Waals surface area contributed by atoms with Crippen molar-refractivity contribution >= 4 is 21.6 Å². The highest BCUT2D eigenvalue weighted by Crippen LogP contribution is 2.45. The van der Waals surface area contributed by atoms with E-state index in [-0.39, 0.29) is 0 Å². The molecule has 2 aromatic heterocycles. The Morgan fingerprint density at radius 1 is 1.19 bits per heavy atom. The summed E-state index contributed by atoms with van der Waals surface area (Å²) in [6.45, 7) is 0.705. The minimum atomic E-state index is 0.324. The van der Waals surface area contributed by atoms with Crippen molar-refractivity contribution in [2.45, 2.75) is 57.0 Å². The van der Waals surface area contributed by atoms with E-state index in [2.05, 4.69) is 9.97 Å². The van der Waals surface area contributed by atoms with Gasteiger partial charge in [-0.05, 0) is 56.6 Å². The lowest BCUT2D eigenvalue weighted by Crippen LogP contribution is -2.20. The maximum atomic E-state index is 6.26. The van der Waals surface area contributed by atoms with Crippen molar-refractivity contribution in [3.05, 3.63) is 16.8 Å². The normalized spacial score (nSPS) is 22.6. The summed E-state index contributed by atoms with van der Waals surface area (Å²) in [5, 5.41) is 1.15. The van der Waals surface area contributed by atoms with Gasteiger partial charge in [-0.2, -0.15) is 0 Å². The summed E-state index contributed by atoms with van der Waals surface area (Å²) in [5.41, 5.74) is 7.33. The number of fused-ring (bicyclic) bond motifs is 3. The first-order chi connectivity index (χ1) is 10.4. The van der Waals surface area contributed by atoms with Crippen molar-refractivity contribution in [3.8, 4) is 5.88 Å². The van der Waals surface area contributed by atoms with Gasteiger partial charge in [-0.3, -0.25) is 0 Å². The Hall–Kier alpha value is -1.20. The molecule has 0 spiro atoms. The van der Waals surface area contributed by atoms with Crippen molar-refractivity contribution in [2.24, 2.45) is 5.73 Å². The predicted molar refractivity (Wildman–Crippen MR) is 85.0 cm³/mol. The maximum absolute atomic E-state index is 6.26. The second-order valence-electron chi connectivity index (χ2n) is 6.15. The van der Waals surface area contributed by atoms with Crippen molar-refractivity contribution in [1.29, 1.82) is 0 Å². The molecule has 2 aromatic rings. The zero-order valence-corrected chi connectivity index (χ0v) is 13.0. The highest BCUT2D eigenvalue weighted by molar-refractivity contribution is 7.19. The van der Waals surface area contributed by atoms with Gasteiger partial charge in [0.1, 0.15) is 17.3 Å². The summed E-state index contributed by atoms with van der Waals surface area (Å²) in [6, 6.07) is 0. The molecule has 112 valence electrons. The zero-order valence-electron chi connectivity index (χ0n) is 12.2. The van der Waals surface area contributed by atoms with Crippen LogP contribution in [0.25, 0.3) is 10.2 Å². The molecule has 0 bridgehead atoms. The summed E-state index contributed by atoms with van der Waals surface area (Å²) >= 11 is 1.80. The molecule has 21 heavy (non-hydrogen) atoms. The molecule has 0 unspecified atom stereocenters. The van der Waals surface area contributed by atoms with Gasteiger partial charge in [0.05, 0.1) is 5.39 Å². The van der Waals surface area contributed by atoms with Gasteiger partial charge in [0.15, 0.2) is 0 Å². The van der Waals surface area contributed by atoms with E-state index in [1.54, 1.807) is 17.7 Å². The fourth-order valence-corrected chi connectivity index (χ4v) is 4.94. The lowest BCUT2D eigenvalue weighted by molar-refractivity contribution is 0.150. The summed E-state index contributed by atoms with van der Waals surface area (Å²) < 4.78 is 6.26. The lowest BCUT2D eigenvalue weighted by Gasteiger charge is -2.23. The largest absolute Gasteiger partial charge is 0.474 e. The Kier molecular flexibility index (Phi) is 3.55. The smallest absolute Gasteiger partial charge is 0.225 e. The third-order valence-corrected chi connectivity index (χ3v) is 5.98. The summed E-state index contributed by atoms with van der Waals surface area (Å²) in [7, 11) is 0. The monoisotopic (exact) mass is 303 g/mol. The molecule has 1 atom stereocenters. The average Bonchev–Trinajstić information content (AvgIpc) is 3.07. The molecule has 0 aliphatic heterocycles. The van der Waals surface area contributed by atoms with Gasteiger partial charge in [-0.25, -0.2) is 9.97 Å². The van der Waals surface area contributed by atoms with E-state index in [0.717, 1.165) is 41.8 Å². The van der Waals surface area contributed by atoms with Crippen molar-refractivity contribution in [1.82, 2.24) is 9.97 Å². The molecule has 1 saturated carbocycles. The minimum absolute atomic E-state index is 0.324. The van der Waals surface area contributed by atoms with Gasteiger partial charge in [-0.15, -0.1) is 11.3 Å². The third-order valence-electron chi connectivity index (χ3n) is 4.81. The van der Waals surface area contributed by atoms with Crippen LogP contribution < -0.4 is 10.5 Å². The molecular formula is C16H21N3OS. The number of aromatic nitrogens is 2. The second-order valence-corrected chi connectivity index (χ2v) is 7.23. The van der Waals surface area contributed by atoms with Crippen LogP contribution in [0.3, 0.4) is 0 Å². The van der Waals surface area contributed by atoms with Gasteiger partial charge in [-0.1, -0.05) is 6.42 Å². The van der Waals surface area contributed by atoms with E-state index in [0.29, 0.717) is 18.6 Å². The van der Waals surface area contributed by atoms with E-state index in [1.807, 2.05) is 0 Å². The zero-order chi connectivity index (χ0) is 14.2. The quantitative estimate of drug-likeness (QED) is 0.944. The van der Waals surface area contributed by atoms with Crippen LogP contribution in [0, 0.1) is 0 Å². The predicted octanol–water partition coefficient (Wildman–Crippen LogP) is 3.39. The Bertz CT molecular complexity index is 648. The number of rotatable bonds is 3. The molecule has 0 amide bonds. The van der Waals surface area contributed by atoms with Crippen molar-refractivity contribution in [2.75, 3.05) is 6.54 Å². The fourth-order valence-electron chi connectivity index (χ4n) is 3.71. The minimum Gasteiger partial charge on any atom is -0.474 e. The highest BCUT2D eigenvalue weighted by atomic mass is 32.1. The van der Waals surface area contributed by atoms with Crippen LogP contribution in [-0.2, 0) is 6.42 Å². The van der Waals surface area contributed by atoms with Crippen molar-refractivity contribution < 1.29 is 4.74 Å². The molecule has 0 radical (unpaired) electrons. The first-order valence-electron chi connectivity index (χ1n) is 8.00. The maximum Gasteiger partial charge on any atom is 0.225 e. The number of hydrogen-bond donors (Lipinski definition) is 1. The molecule has 2 heterocycles. The van der Waals surface area contributed by atoms with E-state index >= 15 is 0 Å².